The zero-order chi connectivity index (χ0) is 17.1. The fraction of sp³-hybridized carbons (Fsp3) is 0.500. The van der Waals surface area contributed by atoms with Crippen LogP contribution in [0, 0.1) is 35.5 Å². The lowest BCUT2D eigenvalue weighted by Crippen LogP contribution is -2.18. The van der Waals surface area contributed by atoms with Gasteiger partial charge in [-0.2, -0.15) is 0 Å². The summed E-state index contributed by atoms with van der Waals surface area (Å²) in [7, 11) is 0. The number of nitrogens with one attached hydrogen (secondary N) is 4. The summed E-state index contributed by atoms with van der Waals surface area (Å²) in [5.41, 5.74) is 1.63. The first kappa shape index (κ1) is 14.6. The predicted octanol–water partition coefficient (Wildman–Crippen LogP) is 1.38. The molecule has 0 amide bonds. The lowest BCUT2D eigenvalue weighted by molar-refractivity contribution is 0.543. The van der Waals surface area contributed by atoms with Gasteiger partial charge in [-0.15, -0.1) is 0 Å². The number of H-pyrrole nitrogens is 2. The SMILES string of the molecule is C(C#Cc1cnc([C@@H]2C[C@H]3C[C@H]3N2)[nH]1)#Cc1cnc([C@@H]2C[C@H]3C[C@H]3N2)[nH]1. The first-order chi connectivity index (χ1) is 12.8. The summed E-state index contributed by atoms with van der Waals surface area (Å²) < 4.78 is 0. The van der Waals surface area contributed by atoms with E-state index in [9.17, 15) is 0 Å². The number of fused-ring (bicyclic) bond motifs is 2. The molecule has 2 aromatic heterocycles. The third kappa shape index (κ3) is 2.63. The molecule has 0 aromatic carbocycles. The normalized spacial score (nSPS) is 35.7. The van der Waals surface area contributed by atoms with Gasteiger partial charge in [-0.1, -0.05) is 0 Å². The third-order valence-electron chi connectivity index (χ3n) is 6.06. The lowest BCUT2D eigenvalue weighted by atomic mass is 10.2. The molecule has 130 valence electrons. The van der Waals surface area contributed by atoms with Gasteiger partial charge in [-0.05, 0) is 61.2 Å². The van der Waals surface area contributed by atoms with E-state index < -0.39 is 0 Å². The predicted molar refractivity (Wildman–Crippen MR) is 95.7 cm³/mol. The molecule has 6 atom stereocenters. The quantitative estimate of drug-likeness (QED) is 0.621. The zero-order valence-corrected chi connectivity index (χ0v) is 14.3. The Bertz CT molecular complexity index is 879. The van der Waals surface area contributed by atoms with E-state index in [1.807, 2.05) is 0 Å². The van der Waals surface area contributed by atoms with Crippen molar-refractivity contribution in [1.29, 1.82) is 0 Å². The number of aromatic amines is 2. The lowest BCUT2D eigenvalue weighted by Gasteiger charge is -2.08. The number of rotatable bonds is 2. The summed E-state index contributed by atoms with van der Waals surface area (Å²) in [6.45, 7) is 0. The summed E-state index contributed by atoms with van der Waals surface area (Å²) >= 11 is 0. The van der Waals surface area contributed by atoms with Crippen LogP contribution in [0.4, 0.5) is 0 Å². The average molecular weight is 344 g/mol. The Balaban J connectivity index is 1.10. The third-order valence-corrected chi connectivity index (χ3v) is 6.06. The van der Waals surface area contributed by atoms with Gasteiger partial charge in [0.2, 0.25) is 0 Å². The minimum absolute atomic E-state index is 0.360. The fourth-order valence-electron chi connectivity index (χ4n) is 4.42. The van der Waals surface area contributed by atoms with Crippen molar-refractivity contribution in [3.05, 3.63) is 35.4 Å². The van der Waals surface area contributed by atoms with E-state index in [1.54, 1.807) is 12.4 Å². The second-order valence-electron chi connectivity index (χ2n) is 7.98. The molecule has 4 heterocycles. The van der Waals surface area contributed by atoms with Crippen molar-refractivity contribution in [2.45, 2.75) is 49.9 Å². The Morgan fingerprint density at radius 2 is 1.23 bits per heavy atom. The van der Waals surface area contributed by atoms with Crippen LogP contribution in [0.5, 0.6) is 0 Å². The number of imidazole rings is 2. The second kappa shape index (κ2) is 5.48. The minimum atomic E-state index is 0.360. The first-order valence-corrected chi connectivity index (χ1v) is 9.46. The molecule has 4 N–H and O–H groups in total. The van der Waals surface area contributed by atoms with Crippen LogP contribution in [0.3, 0.4) is 0 Å². The number of aromatic nitrogens is 4. The van der Waals surface area contributed by atoms with Crippen molar-refractivity contribution in [3.63, 3.8) is 0 Å². The van der Waals surface area contributed by atoms with Gasteiger partial charge in [0.25, 0.3) is 0 Å². The van der Waals surface area contributed by atoms with Crippen LogP contribution < -0.4 is 10.6 Å². The average Bonchev–Trinajstić information content (AvgIpc) is 3.27. The number of hydrogen-bond acceptors (Lipinski definition) is 4. The Hall–Kier alpha value is -2.54. The maximum absolute atomic E-state index is 4.46. The van der Waals surface area contributed by atoms with Crippen LogP contribution in [0.2, 0.25) is 0 Å². The van der Waals surface area contributed by atoms with E-state index in [1.165, 1.54) is 25.7 Å². The maximum Gasteiger partial charge on any atom is 0.124 e. The molecule has 2 aliphatic heterocycles. The van der Waals surface area contributed by atoms with Gasteiger partial charge in [-0.3, -0.25) is 0 Å². The summed E-state index contributed by atoms with van der Waals surface area (Å²) in [4.78, 5) is 15.5. The Morgan fingerprint density at radius 3 is 1.65 bits per heavy atom. The molecule has 4 fully saturated rings. The van der Waals surface area contributed by atoms with E-state index in [4.69, 9.17) is 0 Å². The summed E-state index contributed by atoms with van der Waals surface area (Å²) in [6, 6.07) is 2.16. The first-order valence-electron chi connectivity index (χ1n) is 9.46. The van der Waals surface area contributed by atoms with Crippen molar-refractivity contribution < 1.29 is 0 Å². The molecule has 2 aliphatic carbocycles. The van der Waals surface area contributed by atoms with Crippen molar-refractivity contribution in [2.75, 3.05) is 0 Å². The molecule has 4 aliphatic rings. The highest BCUT2D eigenvalue weighted by molar-refractivity contribution is 5.40. The van der Waals surface area contributed by atoms with Gasteiger partial charge >= 0.3 is 0 Å². The van der Waals surface area contributed by atoms with Gasteiger partial charge in [0.05, 0.1) is 24.5 Å². The van der Waals surface area contributed by atoms with Crippen molar-refractivity contribution in [2.24, 2.45) is 11.8 Å². The molecule has 6 nitrogen and oxygen atoms in total. The molecule has 0 spiro atoms. The van der Waals surface area contributed by atoms with Gasteiger partial charge in [-0.25, -0.2) is 9.97 Å². The summed E-state index contributed by atoms with van der Waals surface area (Å²) in [5, 5.41) is 7.18. The van der Waals surface area contributed by atoms with Gasteiger partial charge in [0.1, 0.15) is 23.0 Å². The molecule has 2 saturated heterocycles. The van der Waals surface area contributed by atoms with E-state index >= 15 is 0 Å². The molecule has 2 saturated carbocycles. The van der Waals surface area contributed by atoms with Crippen LogP contribution in [-0.4, -0.2) is 32.0 Å². The smallest absolute Gasteiger partial charge is 0.124 e. The van der Waals surface area contributed by atoms with Crippen molar-refractivity contribution in [3.8, 4) is 23.7 Å². The molecule has 6 heteroatoms. The molecule has 6 rings (SSSR count). The summed E-state index contributed by atoms with van der Waals surface area (Å²) in [6.07, 6.45) is 8.61. The van der Waals surface area contributed by atoms with Crippen LogP contribution in [-0.2, 0) is 0 Å². The molecule has 2 aromatic rings. The molecule has 0 unspecified atom stereocenters. The maximum atomic E-state index is 4.46. The highest BCUT2D eigenvalue weighted by Crippen LogP contribution is 2.46. The highest BCUT2D eigenvalue weighted by Gasteiger charge is 2.47. The Labute approximate surface area is 152 Å². The standard InChI is InChI=1S/C20H20N6/c1(3-13-9-21-19(23-13)17-7-11-5-15(11)25-17)2-4-14-10-22-20(24-14)18-8-12-6-16(12)26-18/h9-12,15-18,25-26H,5-8H2,(H,21,23)(H,22,24)/t11-,12-,15-,16-,17+,18+/m1/s1. The van der Waals surface area contributed by atoms with Gasteiger partial charge in [0, 0.05) is 12.1 Å². The van der Waals surface area contributed by atoms with Crippen LogP contribution in [0.15, 0.2) is 12.4 Å². The van der Waals surface area contributed by atoms with E-state index in [2.05, 4.69) is 54.3 Å². The molecular weight excluding hydrogens is 324 g/mol. The van der Waals surface area contributed by atoms with E-state index in [0.717, 1.165) is 47.0 Å². The number of piperidine rings is 2. The minimum Gasteiger partial charge on any atom is -0.334 e. The summed E-state index contributed by atoms with van der Waals surface area (Å²) in [5.74, 6) is 15.6. The molecular formula is C20H20N6. The van der Waals surface area contributed by atoms with Gasteiger partial charge < -0.3 is 20.6 Å². The van der Waals surface area contributed by atoms with E-state index in [-0.39, 0.29) is 0 Å². The topological polar surface area (TPSA) is 81.4 Å². The van der Waals surface area contributed by atoms with Crippen LogP contribution in [0.1, 0.15) is 60.8 Å². The fourth-order valence-corrected chi connectivity index (χ4v) is 4.42. The number of nitrogens with zero attached hydrogens (tertiary/aromatic N) is 2. The van der Waals surface area contributed by atoms with Crippen LogP contribution in [0.25, 0.3) is 0 Å². The Morgan fingerprint density at radius 1 is 0.731 bits per heavy atom. The van der Waals surface area contributed by atoms with E-state index in [0.29, 0.717) is 12.1 Å². The van der Waals surface area contributed by atoms with Gasteiger partial charge in [0.15, 0.2) is 0 Å². The van der Waals surface area contributed by atoms with Crippen molar-refractivity contribution >= 4 is 0 Å². The zero-order valence-electron chi connectivity index (χ0n) is 14.3. The second-order valence-corrected chi connectivity index (χ2v) is 7.98. The number of hydrogen-bond donors (Lipinski definition) is 4. The van der Waals surface area contributed by atoms with Crippen LogP contribution >= 0.6 is 0 Å². The van der Waals surface area contributed by atoms with Crippen molar-refractivity contribution in [1.82, 2.24) is 30.6 Å². The largest absolute Gasteiger partial charge is 0.334 e. The molecule has 0 radical (unpaired) electrons. The molecule has 0 bridgehead atoms. The molecule has 26 heavy (non-hydrogen) atoms. The highest BCUT2D eigenvalue weighted by atomic mass is 15.1. The Kier molecular flexibility index (Phi) is 3.08. The monoisotopic (exact) mass is 344 g/mol.